The van der Waals surface area contributed by atoms with Crippen molar-refractivity contribution in [3.8, 4) is 0 Å². The lowest BCUT2D eigenvalue weighted by molar-refractivity contribution is -0.129. The van der Waals surface area contributed by atoms with Gasteiger partial charge in [-0.2, -0.15) is 0 Å². The highest BCUT2D eigenvalue weighted by molar-refractivity contribution is 5.98. The van der Waals surface area contributed by atoms with E-state index in [9.17, 15) is 14.0 Å². The molecule has 6 nitrogen and oxygen atoms in total. The van der Waals surface area contributed by atoms with Crippen LogP contribution in [0.3, 0.4) is 0 Å². The summed E-state index contributed by atoms with van der Waals surface area (Å²) in [4.78, 5) is 27.9. The Bertz CT molecular complexity index is 860. The third kappa shape index (κ3) is 6.15. The number of carbonyl (C=O) groups excluding carboxylic acids is 2. The van der Waals surface area contributed by atoms with Gasteiger partial charge in [0.25, 0.3) is 0 Å². The predicted octanol–water partition coefficient (Wildman–Crippen LogP) is 2.77. The van der Waals surface area contributed by atoms with Crippen LogP contribution >= 0.6 is 0 Å². The molecule has 29 heavy (non-hydrogen) atoms. The topological polar surface area (TPSA) is 61.9 Å². The minimum Gasteiger partial charge on any atom is -0.378 e. The first-order valence-corrected chi connectivity index (χ1v) is 9.42. The van der Waals surface area contributed by atoms with Gasteiger partial charge in [0.15, 0.2) is 0 Å². The van der Waals surface area contributed by atoms with E-state index in [1.165, 1.54) is 23.1 Å². The van der Waals surface area contributed by atoms with Crippen LogP contribution in [-0.4, -0.2) is 56.6 Å². The molecule has 0 atom stereocenters. The fourth-order valence-electron chi connectivity index (χ4n) is 2.94. The van der Waals surface area contributed by atoms with Crippen LogP contribution in [0.15, 0.2) is 54.6 Å². The SMILES string of the molecule is CN(CC(=O)Nc1ccc(N2CCOCC2)cc1)C(=O)C=Cc1ccc(F)cc1. The Morgan fingerprint density at radius 1 is 1.10 bits per heavy atom. The minimum absolute atomic E-state index is 0.0716. The van der Waals surface area contributed by atoms with Crippen molar-refractivity contribution in [2.24, 2.45) is 0 Å². The summed E-state index contributed by atoms with van der Waals surface area (Å²) < 4.78 is 18.3. The van der Waals surface area contributed by atoms with Crippen LogP contribution in [0.1, 0.15) is 5.56 Å². The van der Waals surface area contributed by atoms with Gasteiger partial charge in [0.1, 0.15) is 5.82 Å². The average molecular weight is 397 g/mol. The number of hydrogen-bond donors (Lipinski definition) is 1. The quantitative estimate of drug-likeness (QED) is 0.762. The van der Waals surface area contributed by atoms with E-state index in [0.29, 0.717) is 24.5 Å². The smallest absolute Gasteiger partial charge is 0.246 e. The predicted molar refractivity (Wildman–Crippen MR) is 111 cm³/mol. The van der Waals surface area contributed by atoms with Crippen LogP contribution < -0.4 is 10.2 Å². The maximum Gasteiger partial charge on any atom is 0.246 e. The Kier molecular flexibility index (Phi) is 6.97. The fourth-order valence-corrected chi connectivity index (χ4v) is 2.94. The van der Waals surface area contributed by atoms with Crippen LogP contribution in [0.25, 0.3) is 6.08 Å². The van der Waals surface area contributed by atoms with Gasteiger partial charge in [0, 0.05) is 37.6 Å². The van der Waals surface area contributed by atoms with Crippen molar-refractivity contribution in [3.63, 3.8) is 0 Å². The molecule has 152 valence electrons. The summed E-state index contributed by atoms with van der Waals surface area (Å²) in [6.07, 6.45) is 2.94. The highest BCUT2D eigenvalue weighted by Crippen LogP contribution is 2.19. The van der Waals surface area contributed by atoms with Crippen LogP contribution in [0.5, 0.6) is 0 Å². The third-order valence-electron chi connectivity index (χ3n) is 4.57. The summed E-state index contributed by atoms with van der Waals surface area (Å²) in [6.45, 7) is 3.06. The molecule has 0 aromatic heterocycles. The van der Waals surface area contributed by atoms with Crippen molar-refractivity contribution in [2.75, 3.05) is 50.1 Å². The number of nitrogens with zero attached hydrogens (tertiary/aromatic N) is 2. The number of rotatable bonds is 6. The Hall–Kier alpha value is -3.19. The molecule has 2 aromatic rings. The molecular formula is C22H24FN3O3. The van der Waals surface area contributed by atoms with Gasteiger partial charge in [0.05, 0.1) is 19.8 Å². The number of halogens is 1. The Morgan fingerprint density at radius 2 is 1.76 bits per heavy atom. The lowest BCUT2D eigenvalue weighted by Crippen LogP contribution is -2.36. The van der Waals surface area contributed by atoms with Crippen molar-refractivity contribution in [1.82, 2.24) is 4.90 Å². The summed E-state index contributed by atoms with van der Waals surface area (Å²) >= 11 is 0. The molecular weight excluding hydrogens is 373 g/mol. The first-order chi connectivity index (χ1) is 14.0. The zero-order valence-corrected chi connectivity index (χ0v) is 16.3. The standard InChI is InChI=1S/C22H24FN3O3/c1-25(22(28)11-4-17-2-5-18(23)6-3-17)16-21(27)24-19-7-9-20(10-8-19)26-12-14-29-15-13-26/h2-11H,12-16H2,1H3,(H,24,27). The molecule has 0 spiro atoms. The normalized spacial score (nSPS) is 14.1. The number of ether oxygens (including phenoxy) is 1. The molecule has 1 heterocycles. The molecule has 1 aliphatic heterocycles. The largest absolute Gasteiger partial charge is 0.378 e. The van der Waals surface area contributed by atoms with E-state index in [0.717, 1.165) is 18.8 Å². The number of carbonyl (C=O) groups is 2. The molecule has 3 rings (SSSR count). The molecule has 0 radical (unpaired) electrons. The van der Waals surface area contributed by atoms with Gasteiger partial charge in [-0.05, 0) is 48.0 Å². The molecule has 1 N–H and O–H groups in total. The molecule has 0 unspecified atom stereocenters. The first-order valence-electron chi connectivity index (χ1n) is 9.42. The second-order valence-electron chi connectivity index (χ2n) is 6.77. The maximum absolute atomic E-state index is 12.9. The summed E-state index contributed by atoms with van der Waals surface area (Å²) in [5, 5.41) is 2.80. The highest BCUT2D eigenvalue weighted by atomic mass is 19.1. The number of likely N-dealkylation sites (N-methyl/N-ethyl adjacent to an activating group) is 1. The fraction of sp³-hybridized carbons (Fsp3) is 0.273. The van der Waals surface area contributed by atoms with E-state index >= 15 is 0 Å². The number of hydrogen-bond acceptors (Lipinski definition) is 4. The lowest BCUT2D eigenvalue weighted by Gasteiger charge is -2.28. The van der Waals surface area contributed by atoms with E-state index in [-0.39, 0.29) is 24.2 Å². The highest BCUT2D eigenvalue weighted by Gasteiger charge is 2.13. The molecule has 1 aliphatic rings. The van der Waals surface area contributed by atoms with Crippen LogP contribution in [-0.2, 0) is 14.3 Å². The molecule has 0 saturated carbocycles. The Morgan fingerprint density at radius 3 is 2.41 bits per heavy atom. The summed E-state index contributed by atoms with van der Waals surface area (Å²) in [5.74, 6) is -0.928. The van der Waals surface area contributed by atoms with Crippen molar-refractivity contribution in [1.29, 1.82) is 0 Å². The number of amides is 2. The molecule has 0 bridgehead atoms. The monoisotopic (exact) mass is 397 g/mol. The molecule has 1 fully saturated rings. The molecule has 0 aliphatic carbocycles. The van der Waals surface area contributed by atoms with Gasteiger partial charge in [-0.3, -0.25) is 9.59 Å². The second kappa shape index (κ2) is 9.84. The third-order valence-corrected chi connectivity index (χ3v) is 4.57. The Balaban J connectivity index is 1.48. The van der Waals surface area contributed by atoms with Crippen LogP contribution in [0, 0.1) is 5.82 Å². The van der Waals surface area contributed by atoms with E-state index in [2.05, 4.69) is 10.2 Å². The van der Waals surface area contributed by atoms with E-state index in [1.54, 1.807) is 25.3 Å². The van der Waals surface area contributed by atoms with Crippen molar-refractivity contribution in [3.05, 3.63) is 66.0 Å². The zero-order chi connectivity index (χ0) is 20.6. The number of anilines is 2. The molecule has 2 amide bonds. The second-order valence-corrected chi connectivity index (χ2v) is 6.77. The van der Waals surface area contributed by atoms with Crippen molar-refractivity contribution < 1.29 is 18.7 Å². The zero-order valence-electron chi connectivity index (χ0n) is 16.3. The number of nitrogens with one attached hydrogen (secondary N) is 1. The first kappa shape index (κ1) is 20.5. The van der Waals surface area contributed by atoms with Gasteiger partial charge < -0.3 is 19.9 Å². The summed E-state index contributed by atoms with van der Waals surface area (Å²) in [7, 11) is 1.55. The molecule has 1 saturated heterocycles. The van der Waals surface area contributed by atoms with Gasteiger partial charge in [0.2, 0.25) is 11.8 Å². The van der Waals surface area contributed by atoms with Gasteiger partial charge in [-0.15, -0.1) is 0 Å². The average Bonchev–Trinajstić information content (AvgIpc) is 2.74. The van der Waals surface area contributed by atoms with E-state index in [4.69, 9.17) is 4.74 Å². The Labute approximate surface area is 169 Å². The maximum atomic E-state index is 12.9. The van der Waals surface area contributed by atoms with Crippen LogP contribution in [0.2, 0.25) is 0 Å². The van der Waals surface area contributed by atoms with Crippen molar-refractivity contribution >= 4 is 29.3 Å². The van der Waals surface area contributed by atoms with Crippen molar-refractivity contribution in [2.45, 2.75) is 0 Å². The van der Waals surface area contributed by atoms with Crippen LogP contribution in [0.4, 0.5) is 15.8 Å². The lowest BCUT2D eigenvalue weighted by atomic mass is 10.2. The summed E-state index contributed by atoms with van der Waals surface area (Å²) in [6, 6.07) is 13.4. The number of morpholine rings is 1. The van der Waals surface area contributed by atoms with Gasteiger partial charge >= 0.3 is 0 Å². The van der Waals surface area contributed by atoms with E-state index in [1.807, 2.05) is 24.3 Å². The van der Waals surface area contributed by atoms with E-state index < -0.39 is 0 Å². The van der Waals surface area contributed by atoms with Gasteiger partial charge in [-0.1, -0.05) is 12.1 Å². The molecule has 7 heteroatoms. The number of benzene rings is 2. The summed E-state index contributed by atoms with van der Waals surface area (Å²) in [5.41, 5.74) is 2.47. The van der Waals surface area contributed by atoms with Gasteiger partial charge in [-0.25, -0.2) is 4.39 Å². The molecule has 2 aromatic carbocycles. The minimum atomic E-state index is -0.333.